The van der Waals surface area contributed by atoms with Crippen LogP contribution in [0.4, 0.5) is 0 Å². The molecule has 0 aliphatic rings. The number of rotatable bonds is 8. The van der Waals surface area contributed by atoms with Gasteiger partial charge in [0.2, 0.25) is 4.96 Å². The predicted octanol–water partition coefficient (Wildman–Crippen LogP) is 5.78. The Balaban J connectivity index is 1.35. The highest BCUT2D eigenvalue weighted by atomic mass is 35.5. The van der Waals surface area contributed by atoms with Crippen molar-refractivity contribution in [3.8, 4) is 28.4 Å². The number of fused-ring (bicyclic) bond motifs is 1. The molecule has 0 saturated heterocycles. The van der Waals surface area contributed by atoms with Crippen LogP contribution in [0.1, 0.15) is 23.9 Å². The molecule has 6 rings (SSSR count). The molecule has 0 saturated carbocycles. The Labute approximate surface area is 244 Å². The summed E-state index contributed by atoms with van der Waals surface area (Å²) in [5.74, 6) is 1.76. The van der Waals surface area contributed by atoms with Crippen LogP contribution < -0.4 is 19.6 Å². The van der Waals surface area contributed by atoms with Gasteiger partial charge in [0, 0.05) is 22.3 Å². The molecule has 0 unspecified atom stereocenters. The summed E-state index contributed by atoms with van der Waals surface area (Å²) < 4.78 is 14.6. The van der Waals surface area contributed by atoms with Crippen LogP contribution >= 0.6 is 22.9 Å². The van der Waals surface area contributed by atoms with Gasteiger partial charge in [-0.1, -0.05) is 65.4 Å². The maximum atomic E-state index is 13.3. The third-order valence-corrected chi connectivity index (χ3v) is 7.49. The SMILES string of the molecule is CCOc1ccc(/C=C/c2nc3s/c(=C\c4cn(-c5ccccc5)nc4-c4ccc(Cl)cc4)c(=O)n3n2)cc1OC. The molecule has 0 bridgehead atoms. The number of benzene rings is 3. The van der Waals surface area contributed by atoms with Crippen LogP contribution in [-0.4, -0.2) is 38.1 Å². The zero-order valence-corrected chi connectivity index (χ0v) is 23.8. The second kappa shape index (κ2) is 11.4. The zero-order chi connectivity index (χ0) is 28.3. The Morgan fingerprint density at radius 1 is 0.976 bits per heavy atom. The fourth-order valence-corrected chi connectivity index (χ4v) is 5.36. The summed E-state index contributed by atoms with van der Waals surface area (Å²) in [5.41, 5.74) is 3.98. The highest BCUT2D eigenvalue weighted by molar-refractivity contribution is 7.15. The van der Waals surface area contributed by atoms with Crippen molar-refractivity contribution < 1.29 is 9.47 Å². The smallest absolute Gasteiger partial charge is 0.291 e. The van der Waals surface area contributed by atoms with Gasteiger partial charge < -0.3 is 9.47 Å². The van der Waals surface area contributed by atoms with E-state index in [-0.39, 0.29) is 5.56 Å². The van der Waals surface area contributed by atoms with Gasteiger partial charge in [-0.05, 0) is 61.0 Å². The Morgan fingerprint density at radius 3 is 2.51 bits per heavy atom. The standard InChI is InChI=1S/C31H24ClN5O3S/c1-3-40-25-15-9-20(17-26(25)39-2)10-16-28-33-31-37(34-28)30(38)27(41-31)18-22-19-36(24-7-5-4-6-8-24)35-29(22)21-11-13-23(32)14-12-21/h4-19H,3H2,1-2H3/b16-10+,27-18-. The molecule has 8 nitrogen and oxygen atoms in total. The van der Waals surface area contributed by atoms with Gasteiger partial charge in [0.05, 0.1) is 23.9 Å². The highest BCUT2D eigenvalue weighted by Gasteiger charge is 2.14. The van der Waals surface area contributed by atoms with Crippen molar-refractivity contribution in [2.75, 3.05) is 13.7 Å². The lowest BCUT2D eigenvalue weighted by atomic mass is 10.1. The number of para-hydroxylation sites is 1. The number of hydrogen-bond donors (Lipinski definition) is 0. The summed E-state index contributed by atoms with van der Waals surface area (Å²) in [6, 6.07) is 22.9. The first-order valence-electron chi connectivity index (χ1n) is 12.8. The number of hydrogen-bond acceptors (Lipinski definition) is 7. The monoisotopic (exact) mass is 581 g/mol. The number of nitrogens with zero attached hydrogens (tertiary/aromatic N) is 5. The van der Waals surface area contributed by atoms with Gasteiger partial charge in [0.25, 0.3) is 5.56 Å². The van der Waals surface area contributed by atoms with E-state index in [1.165, 1.54) is 15.9 Å². The molecule has 41 heavy (non-hydrogen) atoms. The zero-order valence-electron chi connectivity index (χ0n) is 22.2. The van der Waals surface area contributed by atoms with Gasteiger partial charge in [-0.15, -0.1) is 5.10 Å². The lowest BCUT2D eigenvalue weighted by molar-refractivity contribution is 0.311. The van der Waals surface area contributed by atoms with Gasteiger partial charge in [0.15, 0.2) is 17.3 Å². The van der Waals surface area contributed by atoms with E-state index in [1.807, 2.05) is 98.1 Å². The van der Waals surface area contributed by atoms with E-state index in [2.05, 4.69) is 10.1 Å². The van der Waals surface area contributed by atoms with E-state index in [0.717, 1.165) is 28.1 Å². The van der Waals surface area contributed by atoms with Crippen LogP contribution in [0.3, 0.4) is 0 Å². The van der Waals surface area contributed by atoms with Crippen molar-refractivity contribution in [2.45, 2.75) is 6.92 Å². The van der Waals surface area contributed by atoms with Gasteiger partial charge in [0.1, 0.15) is 5.69 Å². The number of ether oxygens (including phenoxy) is 2. The molecular weight excluding hydrogens is 558 g/mol. The highest BCUT2D eigenvalue weighted by Crippen LogP contribution is 2.29. The molecule has 0 aliphatic carbocycles. The maximum absolute atomic E-state index is 13.3. The van der Waals surface area contributed by atoms with Crippen molar-refractivity contribution in [2.24, 2.45) is 0 Å². The van der Waals surface area contributed by atoms with Crippen LogP contribution in [0.5, 0.6) is 11.5 Å². The molecule has 3 heterocycles. The third-order valence-electron chi connectivity index (χ3n) is 6.28. The molecule has 6 aromatic rings. The van der Waals surface area contributed by atoms with Crippen molar-refractivity contribution >= 4 is 46.1 Å². The molecule has 204 valence electrons. The van der Waals surface area contributed by atoms with E-state index in [0.29, 0.717) is 38.4 Å². The van der Waals surface area contributed by atoms with Crippen LogP contribution in [0.25, 0.3) is 40.1 Å². The fourth-order valence-electron chi connectivity index (χ4n) is 4.33. The molecule has 0 amide bonds. The summed E-state index contributed by atoms with van der Waals surface area (Å²) >= 11 is 7.40. The minimum atomic E-state index is -0.241. The van der Waals surface area contributed by atoms with Crippen LogP contribution in [0.15, 0.2) is 83.8 Å². The molecule has 0 radical (unpaired) electrons. The maximum Gasteiger partial charge on any atom is 0.291 e. The van der Waals surface area contributed by atoms with Gasteiger partial charge in [-0.25, -0.2) is 4.68 Å². The van der Waals surface area contributed by atoms with Crippen molar-refractivity contribution in [3.63, 3.8) is 0 Å². The first-order chi connectivity index (χ1) is 20.0. The van der Waals surface area contributed by atoms with Crippen molar-refractivity contribution in [1.82, 2.24) is 24.4 Å². The molecule has 0 spiro atoms. The fraction of sp³-hybridized carbons (Fsp3) is 0.0968. The first kappa shape index (κ1) is 26.5. The summed E-state index contributed by atoms with van der Waals surface area (Å²) in [5, 5.41) is 9.89. The average molecular weight is 582 g/mol. The molecule has 10 heteroatoms. The predicted molar refractivity (Wildman–Crippen MR) is 163 cm³/mol. The van der Waals surface area contributed by atoms with E-state index >= 15 is 0 Å². The van der Waals surface area contributed by atoms with Gasteiger partial charge in [-0.2, -0.15) is 14.6 Å². The summed E-state index contributed by atoms with van der Waals surface area (Å²) in [4.78, 5) is 18.4. The summed E-state index contributed by atoms with van der Waals surface area (Å²) in [6.07, 6.45) is 7.38. The first-order valence-corrected chi connectivity index (χ1v) is 14.0. The van der Waals surface area contributed by atoms with Crippen LogP contribution in [0.2, 0.25) is 5.02 Å². The minimum absolute atomic E-state index is 0.241. The van der Waals surface area contributed by atoms with Gasteiger partial charge >= 0.3 is 0 Å². The van der Waals surface area contributed by atoms with E-state index in [1.54, 1.807) is 17.9 Å². The second-order valence-corrected chi connectivity index (χ2v) is 10.4. The summed E-state index contributed by atoms with van der Waals surface area (Å²) in [7, 11) is 1.60. The molecule has 3 aromatic carbocycles. The van der Waals surface area contributed by atoms with Crippen molar-refractivity contribution in [3.05, 3.63) is 116 Å². The Hall–Kier alpha value is -4.73. The average Bonchev–Trinajstić information content (AvgIpc) is 3.68. The van der Waals surface area contributed by atoms with Crippen molar-refractivity contribution in [1.29, 1.82) is 0 Å². The van der Waals surface area contributed by atoms with Crippen LogP contribution in [-0.2, 0) is 0 Å². The summed E-state index contributed by atoms with van der Waals surface area (Å²) in [6.45, 7) is 2.47. The third kappa shape index (κ3) is 5.50. The minimum Gasteiger partial charge on any atom is -0.493 e. The second-order valence-electron chi connectivity index (χ2n) is 8.98. The number of thiazole rings is 1. The number of methoxy groups -OCH3 is 1. The quantitative estimate of drug-likeness (QED) is 0.226. The topological polar surface area (TPSA) is 83.5 Å². The molecule has 3 aromatic heterocycles. The normalized spacial score (nSPS) is 12.0. The molecule has 0 atom stereocenters. The Kier molecular flexibility index (Phi) is 7.37. The number of aromatic nitrogens is 5. The van der Waals surface area contributed by atoms with E-state index in [9.17, 15) is 4.79 Å². The molecule has 0 N–H and O–H groups in total. The number of halogens is 1. The Bertz CT molecular complexity index is 1980. The van der Waals surface area contributed by atoms with Crippen LogP contribution in [0, 0.1) is 0 Å². The molecular formula is C31H24ClN5O3S. The van der Waals surface area contributed by atoms with E-state index in [4.69, 9.17) is 26.2 Å². The Morgan fingerprint density at radius 2 is 1.78 bits per heavy atom. The van der Waals surface area contributed by atoms with Gasteiger partial charge in [-0.3, -0.25) is 4.79 Å². The lowest BCUT2D eigenvalue weighted by Gasteiger charge is -2.09. The lowest BCUT2D eigenvalue weighted by Crippen LogP contribution is -2.23. The van der Waals surface area contributed by atoms with E-state index < -0.39 is 0 Å². The molecule has 0 aliphatic heterocycles. The largest absolute Gasteiger partial charge is 0.493 e. The molecule has 0 fully saturated rings.